The fourth-order valence-corrected chi connectivity index (χ4v) is 4.66. The summed E-state index contributed by atoms with van der Waals surface area (Å²) in [6, 6.07) is 11.3. The number of hydrogen-bond donors (Lipinski definition) is 1. The van der Waals surface area contributed by atoms with Gasteiger partial charge in [0.1, 0.15) is 0 Å². The van der Waals surface area contributed by atoms with E-state index in [0.29, 0.717) is 12.1 Å². The summed E-state index contributed by atoms with van der Waals surface area (Å²) in [6.45, 7) is 4.44. The molecule has 2 atom stereocenters. The van der Waals surface area contributed by atoms with E-state index in [9.17, 15) is 19.5 Å². The second kappa shape index (κ2) is 8.05. The van der Waals surface area contributed by atoms with Crippen LogP contribution in [0.15, 0.2) is 36.4 Å². The van der Waals surface area contributed by atoms with Crippen molar-refractivity contribution in [1.29, 1.82) is 0 Å². The second-order valence-corrected chi connectivity index (χ2v) is 8.47. The number of rotatable bonds is 6. The largest absolute Gasteiger partial charge is 0.481 e. The van der Waals surface area contributed by atoms with Gasteiger partial charge in [0, 0.05) is 47.2 Å². The van der Waals surface area contributed by atoms with Gasteiger partial charge in [0.15, 0.2) is 5.78 Å². The average molecular weight is 385 g/mol. The lowest BCUT2D eigenvalue weighted by atomic mass is 9.89. The number of nitrogens with zero attached hydrogens (tertiary/aromatic N) is 1. The van der Waals surface area contributed by atoms with Gasteiger partial charge in [-0.1, -0.05) is 30.3 Å². The van der Waals surface area contributed by atoms with Crippen molar-refractivity contribution in [3.63, 3.8) is 0 Å². The molecule has 1 aromatic heterocycles. The summed E-state index contributed by atoms with van der Waals surface area (Å²) < 4.78 is 0. The van der Waals surface area contributed by atoms with Crippen molar-refractivity contribution in [2.45, 2.75) is 32.6 Å². The molecule has 1 saturated heterocycles. The summed E-state index contributed by atoms with van der Waals surface area (Å²) in [5.41, 5.74) is 1.62. The van der Waals surface area contributed by atoms with E-state index in [1.54, 1.807) is 16.2 Å². The van der Waals surface area contributed by atoms with E-state index >= 15 is 0 Å². The minimum Gasteiger partial charge on any atom is -0.481 e. The maximum absolute atomic E-state index is 12.6. The first kappa shape index (κ1) is 19.3. The van der Waals surface area contributed by atoms with Crippen LogP contribution in [-0.4, -0.2) is 40.8 Å². The third kappa shape index (κ3) is 4.27. The Balaban J connectivity index is 1.64. The highest BCUT2D eigenvalue weighted by molar-refractivity contribution is 7.12. The molecule has 27 heavy (non-hydrogen) atoms. The van der Waals surface area contributed by atoms with Gasteiger partial charge < -0.3 is 10.0 Å². The molecule has 2 aromatic rings. The van der Waals surface area contributed by atoms with Gasteiger partial charge in [0.25, 0.3) is 0 Å². The molecule has 2 heterocycles. The molecule has 1 aromatic carbocycles. The summed E-state index contributed by atoms with van der Waals surface area (Å²) in [4.78, 5) is 40.3. The van der Waals surface area contributed by atoms with Gasteiger partial charge in [0.2, 0.25) is 5.91 Å². The molecule has 1 aliphatic heterocycles. The maximum atomic E-state index is 12.6. The van der Waals surface area contributed by atoms with Crippen LogP contribution in [0.25, 0.3) is 0 Å². The molecule has 142 valence electrons. The Hall–Kier alpha value is -2.47. The van der Waals surface area contributed by atoms with E-state index in [0.717, 1.165) is 15.3 Å². The number of ketones is 1. The summed E-state index contributed by atoms with van der Waals surface area (Å²) in [7, 11) is 0. The standard InChI is InChI=1S/C21H23NO4S/c1-13-10-16(14(2)27-13)19(23)8-9-20(24)22-11-17(18(12-22)21(25)26)15-6-4-3-5-7-15/h3-7,10,17-18H,8-9,11-12H2,1-2H3,(H,25,26)/t17-,18-/m0/s1. The number of hydrogen-bond acceptors (Lipinski definition) is 4. The van der Waals surface area contributed by atoms with Crippen molar-refractivity contribution in [3.8, 4) is 0 Å². The van der Waals surface area contributed by atoms with Gasteiger partial charge in [-0.3, -0.25) is 14.4 Å². The Kier molecular flexibility index (Phi) is 5.75. The molecule has 1 amide bonds. The number of likely N-dealkylation sites (tertiary alicyclic amines) is 1. The molecule has 1 N–H and O–H groups in total. The van der Waals surface area contributed by atoms with Crippen molar-refractivity contribution in [3.05, 3.63) is 57.3 Å². The summed E-state index contributed by atoms with van der Waals surface area (Å²) >= 11 is 1.58. The van der Waals surface area contributed by atoms with Gasteiger partial charge in [-0.2, -0.15) is 0 Å². The van der Waals surface area contributed by atoms with Gasteiger partial charge in [0.05, 0.1) is 5.92 Å². The van der Waals surface area contributed by atoms with Crippen LogP contribution < -0.4 is 0 Å². The van der Waals surface area contributed by atoms with Crippen molar-refractivity contribution < 1.29 is 19.5 Å². The van der Waals surface area contributed by atoms with Crippen LogP contribution in [0.3, 0.4) is 0 Å². The zero-order valence-electron chi connectivity index (χ0n) is 15.5. The monoisotopic (exact) mass is 385 g/mol. The van der Waals surface area contributed by atoms with Crippen molar-refractivity contribution in [2.24, 2.45) is 5.92 Å². The van der Waals surface area contributed by atoms with E-state index < -0.39 is 11.9 Å². The van der Waals surface area contributed by atoms with Crippen molar-refractivity contribution >= 4 is 29.0 Å². The first-order valence-corrected chi connectivity index (χ1v) is 9.84. The van der Waals surface area contributed by atoms with Gasteiger partial charge >= 0.3 is 5.97 Å². The average Bonchev–Trinajstić information content (AvgIpc) is 3.23. The predicted molar refractivity (Wildman–Crippen MR) is 104 cm³/mol. The molecule has 0 saturated carbocycles. The van der Waals surface area contributed by atoms with Gasteiger partial charge in [-0.05, 0) is 25.5 Å². The first-order chi connectivity index (χ1) is 12.9. The highest BCUT2D eigenvalue weighted by Gasteiger charge is 2.40. The topological polar surface area (TPSA) is 74.7 Å². The number of carbonyl (C=O) groups excluding carboxylic acids is 2. The molecule has 5 nitrogen and oxygen atoms in total. The van der Waals surface area contributed by atoms with E-state index in [1.165, 1.54) is 0 Å². The molecule has 6 heteroatoms. The van der Waals surface area contributed by atoms with Crippen LogP contribution >= 0.6 is 11.3 Å². The SMILES string of the molecule is Cc1cc(C(=O)CCC(=O)N2C[C@H](C(=O)O)[C@H](c3ccccc3)C2)c(C)s1. The first-order valence-electron chi connectivity index (χ1n) is 9.02. The Bertz CT molecular complexity index is 858. The molecular formula is C21H23NO4S. The number of carboxylic acid groups (broad SMARTS) is 1. The minimum absolute atomic E-state index is 0.0289. The third-order valence-electron chi connectivity index (χ3n) is 5.12. The zero-order chi connectivity index (χ0) is 19.6. The fraction of sp³-hybridized carbons (Fsp3) is 0.381. The van der Waals surface area contributed by atoms with Crippen molar-refractivity contribution in [2.75, 3.05) is 13.1 Å². The molecule has 0 radical (unpaired) electrons. The summed E-state index contributed by atoms with van der Waals surface area (Å²) in [5, 5.41) is 9.55. The molecule has 1 fully saturated rings. The zero-order valence-corrected chi connectivity index (χ0v) is 16.3. The number of Topliss-reactive ketones (excluding diaryl/α,β-unsaturated/α-hetero) is 1. The molecule has 1 aliphatic rings. The van der Waals surface area contributed by atoms with E-state index in [2.05, 4.69) is 0 Å². The predicted octanol–water partition coefficient (Wildman–Crippen LogP) is 3.65. The maximum Gasteiger partial charge on any atom is 0.308 e. The molecule has 0 unspecified atom stereocenters. The molecule has 0 bridgehead atoms. The fourth-order valence-electron chi connectivity index (χ4n) is 3.72. The smallest absolute Gasteiger partial charge is 0.308 e. The summed E-state index contributed by atoms with van der Waals surface area (Å²) in [6.07, 6.45) is 0.265. The molecule has 3 rings (SSSR count). The number of benzene rings is 1. The Morgan fingerprint density at radius 2 is 1.81 bits per heavy atom. The van der Waals surface area contributed by atoms with Crippen LogP contribution in [0.2, 0.25) is 0 Å². The number of aliphatic carboxylic acids is 1. The number of aryl methyl sites for hydroxylation is 2. The van der Waals surface area contributed by atoms with Gasteiger partial charge in [-0.25, -0.2) is 0 Å². The second-order valence-electron chi connectivity index (χ2n) is 7.01. The van der Waals surface area contributed by atoms with Crippen LogP contribution in [0.4, 0.5) is 0 Å². The van der Waals surface area contributed by atoms with Crippen LogP contribution in [-0.2, 0) is 9.59 Å². The van der Waals surface area contributed by atoms with Crippen LogP contribution in [0.5, 0.6) is 0 Å². The van der Waals surface area contributed by atoms with E-state index in [-0.39, 0.29) is 37.0 Å². The Morgan fingerprint density at radius 3 is 2.41 bits per heavy atom. The highest BCUT2D eigenvalue weighted by atomic mass is 32.1. The highest BCUT2D eigenvalue weighted by Crippen LogP contribution is 2.33. The molecular weight excluding hydrogens is 362 g/mol. The van der Waals surface area contributed by atoms with Crippen LogP contribution in [0.1, 0.15) is 44.4 Å². The van der Waals surface area contributed by atoms with Crippen molar-refractivity contribution in [1.82, 2.24) is 4.90 Å². The van der Waals surface area contributed by atoms with E-state index in [1.807, 2.05) is 50.2 Å². The van der Waals surface area contributed by atoms with E-state index in [4.69, 9.17) is 0 Å². The lowest BCUT2D eigenvalue weighted by Gasteiger charge is -2.16. The summed E-state index contributed by atoms with van der Waals surface area (Å²) in [5.74, 6) is -1.91. The quantitative estimate of drug-likeness (QED) is 0.770. The lowest BCUT2D eigenvalue weighted by Crippen LogP contribution is -2.30. The van der Waals surface area contributed by atoms with Crippen LogP contribution in [0, 0.1) is 19.8 Å². The Labute approximate surface area is 162 Å². The molecule has 0 spiro atoms. The number of amides is 1. The van der Waals surface area contributed by atoms with Gasteiger partial charge in [-0.15, -0.1) is 11.3 Å². The molecule has 0 aliphatic carbocycles. The normalized spacial score (nSPS) is 19.3. The number of thiophene rings is 1. The number of carbonyl (C=O) groups is 3. The minimum atomic E-state index is -0.889. The third-order valence-corrected chi connectivity index (χ3v) is 6.09. The lowest BCUT2D eigenvalue weighted by molar-refractivity contribution is -0.141. The Morgan fingerprint density at radius 1 is 1.11 bits per heavy atom. The number of carboxylic acids is 1.